The van der Waals surface area contributed by atoms with Gasteiger partial charge >= 0.3 is 0 Å². The summed E-state index contributed by atoms with van der Waals surface area (Å²) >= 11 is 0. The fraction of sp³-hybridized carbons (Fsp3) is 0.591. The Balaban J connectivity index is 0.00000320. The monoisotopic (exact) mass is 526 g/mol. The van der Waals surface area contributed by atoms with E-state index in [2.05, 4.69) is 70.7 Å². The second-order valence-corrected chi connectivity index (χ2v) is 8.64. The first-order valence-corrected chi connectivity index (χ1v) is 10.4. The van der Waals surface area contributed by atoms with Gasteiger partial charge in [0.25, 0.3) is 0 Å². The van der Waals surface area contributed by atoms with Gasteiger partial charge in [-0.05, 0) is 29.4 Å². The third-order valence-corrected chi connectivity index (χ3v) is 5.27. The number of guanidine groups is 1. The molecule has 1 aromatic heterocycles. The molecule has 1 aromatic carbocycles. The van der Waals surface area contributed by atoms with Crippen molar-refractivity contribution >= 4 is 29.9 Å². The quantitative estimate of drug-likeness (QED) is 0.344. The normalized spacial score (nSPS) is 16.6. The zero-order chi connectivity index (χ0) is 20.9. The average Bonchev–Trinajstić information content (AvgIpc) is 3.09. The molecule has 0 saturated carbocycles. The summed E-state index contributed by atoms with van der Waals surface area (Å²) in [5.74, 6) is 2.63. The van der Waals surface area contributed by atoms with Crippen LogP contribution in [0.15, 0.2) is 29.3 Å². The molecule has 0 fully saturated rings. The van der Waals surface area contributed by atoms with E-state index in [1.54, 1.807) is 7.11 Å². The van der Waals surface area contributed by atoms with Crippen molar-refractivity contribution in [2.75, 3.05) is 20.7 Å². The van der Waals surface area contributed by atoms with Gasteiger partial charge in [-0.2, -0.15) is 5.10 Å². The van der Waals surface area contributed by atoms with E-state index in [1.165, 1.54) is 11.1 Å². The van der Waals surface area contributed by atoms with Crippen molar-refractivity contribution in [1.82, 2.24) is 25.4 Å². The van der Waals surface area contributed by atoms with Crippen molar-refractivity contribution in [2.45, 2.75) is 64.6 Å². The van der Waals surface area contributed by atoms with E-state index < -0.39 is 0 Å². The average molecular weight is 526 g/mol. The summed E-state index contributed by atoms with van der Waals surface area (Å²) in [5, 5.41) is 11.5. The fourth-order valence-electron chi connectivity index (χ4n) is 3.55. The lowest BCUT2D eigenvalue weighted by molar-refractivity contribution is 0.177. The van der Waals surface area contributed by atoms with E-state index in [-0.39, 0.29) is 35.4 Å². The van der Waals surface area contributed by atoms with Crippen LogP contribution < -0.4 is 10.6 Å². The molecule has 0 saturated heterocycles. The number of rotatable bonds is 6. The molecule has 2 N–H and O–H groups in total. The maximum atomic E-state index is 5.14. The predicted molar refractivity (Wildman–Crippen MR) is 132 cm³/mol. The molecular formula is C22H35IN6O. The van der Waals surface area contributed by atoms with Gasteiger partial charge in [0.2, 0.25) is 0 Å². The van der Waals surface area contributed by atoms with Gasteiger partial charge in [-0.25, -0.2) is 9.67 Å². The minimum atomic E-state index is 0. The van der Waals surface area contributed by atoms with Gasteiger partial charge in [0.1, 0.15) is 12.4 Å². The van der Waals surface area contributed by atoms with Crippen LogP contribution in [-0.4, -0.2) is 47.5 Å². The van der Waals surface area contributed by atoms with Crippen LogP contribution in [0.25, 0.3) is 0 Å². The lowest BCUT2D eigenvalue weighted by atomic mass is 9.86. The minimum absolute atomic E-state index is 0. The van der Waals surface area contributed by atoms with Crippen molar-refractivity contribution in [3.8, 4) is 0 Å². The Morgan fingerprint density at radius 2 is 2.00 bits per heavy atom. The van der Waals surface area contributed by atoms with Gasteiger partial charge in [0.15, 0.2) is 11.8 Å². The highest BCUT2D eigenvalue weighted by Gasteiger charge is 2.22. The van der Waals surface area contributed by atoms with Crippen LogP contribution in [0, 0.1) is 0 Å². The van der Waals surface area contributed by atoms with Crippen LogP contribution in [0.1, 0.15) is 50.0 Å². The Labute approximate surface area is 197 Å². The van der Waals surface area contributed by atoms with Crippen molar-refractivity contribution in [3.63, 3.8) is 0 Å². The molecule has 2 aromatic rings. The molecule has 0 aliphatic carbocycles. The van der Waals surface area contributed by atoms with E-state index in [1.807, 2.05) is 11.7 Å². The minimum Gasteiger partial charge on any atom is -0.377 e. The Bertz CT molecular complexity index is 825. The molecule has 1 unspecified atom stereocenters. The second-order valence-electron chi connectivity index (χ2n) is 8.64. The van der Waals surface area contributed by atoms with Crippen LogP contribution in [0.4, 0.5) is 0 Å². The largest absolute Gasteiger partial charge is 0.377 e. The first kappa shape index (κ1) is 24.6. The number of nitrogens with one attached hydrogen (secondary N) is 2. The lowest BCUT2D eigenvalue weighted by Crippen LogP contribution is -2.47. The van der Waals surface area contributed by atoms with E-state index >= 15 is 0 Å². The Kier molecular flexibility index (Phi) is 9.09. The maximum absolute atomic E-state index is 5.14. The molecule has 166 valence electrons. The van der Waals surface area contributed by atoms with Crippen molar-refractivity contribution in [3.05, 3.63) is 47.0 Å². The molecule has 0 spiro atoms. The number of aromatic nitrogens is 3. The van der Waals surface area contributed by atoms with E-state index in [0.29, 0.717) is 6.61 Å². The molecule has 3 rings (SSSR count). The van der Waals surface area contributed by atoms with Gasteiger partial charge < -0.3 is 15.4 Å². The van der Waals surface area contributed by atoms with Crippen LogP contribution in [0.3, 0.4) is 0 Å². The number of hydrogen-bond acceptors (Lipinski definition) is 4. The predicted octanol–water partition coefficient (Wildman–Crippen LogP) is 3.06. The van der Waals surface area contributed by atoms with Crippen molar-refractivity contribution in [2.24, 2.45) is 4.99 Å². The van der Waals surface area contributed by atoms with Crippen molar-refractivity contribution < 1.29 is 4.74 Å². The number of methoxy groups -OCH3 is 1. The maximum Gasteiger partial charge on any atom is 0.191 e. The second kappa shape index (κ2) is 11.1. The molecule has 8 heteroatoms. The van der Waals surface area contributed by atoms with Gasteiger partial charge in [0, 0.05) is 33.2 Å². The number of halogens is 1. The van der Waals surface area contributed by atoms with E-state index in [4.69, 9.17) is 4.74 Å². The Morgan fingerprint density at radius 3 is 2.63 bits per heavy atom. The highest BCUT2D eigenvalue weighted by atomic mass is 127. The third-order valence-electron chi connectivity index (χ3n) is 5.27. The topological polar surface area (TPSA) is 76.4 Å². The van der Waals surface area contributed by atoms with Gasteiger partial charge in [0.05, 0.1) is 6.54 Å². The third kappa shape index (κ3) is 6.66. The molecule has 30 heavy (non-hydrogen) atoms. The van der Waals surface area contributed by atoms with Gasteiger partial charge in [-0.1, -0.05) is 45.0 Å². The van der Waals surface area contributed by atoms with E-state index in [9.17, 15) is 0 Å². The zero-order valence-electron chi connectivity index (χ0n) is 18.7. The number of benzene rings is 1. The highest BCUT2D eigenvalue weighted by Crippen LogP contribution is 2.22. The fourth-order valence-corrected chi connectivity index (χ4v) is 3.55. The summed E-state index contributed by atoms with van der Waals surface area (Å²) in [4.78, 5) is 8.91. The van der Waals surface area contributed by atoms with Crippen LogP contribution in [0.5, 0.6) is 0 Å². The summed E-state index contributed by atoms with van der Waals surface area (Å²) in [6.07, 6.45) is 2.88. The van der Waals surface area contributed by atoms with Crippen LogP contribution in [0.2, 0.25) is 0 Å². The summed E-state index contributed by atoms with van der Waals surface area (Å²) in [6.45, 7) is 8.81. The van der Waals surface area contributed by atoms with Crippen LogP contribution >= 0.6 is 24.0 Å². The number of aryl methyl sites for hydroxylation is 1. The number of hydrogen-bond donors (Lipinski definition) is 2. The molecular weight excluding hydrogens is 491 g/mol. The zero-order valence-corrected chi connectivity index (χ0v) is 21.1. The highest BCUT2D eigenvalue weighted by molar-refractivity contribution is 14.0. The summed E-state index contributed by atoms with van der Waals surface area (Å²) < 4.78 is 7.12. The first-order valence-electron chi connectivity index (χ1n) is 10.4. The summed E-state index contributed by atoms with van der Waals surface area (Å²) in [7, 11) is 3.48. The molecule has 2 heterocycles. The molecule has 1 aliphatic heterocycles. The van der Waals surface area contributed by atoms with Crippen molar-refractivity contribution in [1.29, 1.82) is 0 Å². The molecule has 1 aliphatic rings. The molecule has 7 nitrogen and oxygen atoms in total. The first-order chi connectivity index (χ1) is 13.9. The van der Waals surface area contributed by atoms with Gasteiger partial charge in [-0.15, -0.1) is 24.0 Å². The van der Waals surface area contributed by atoms with Crippen LogP contribution in [-0.2, 0) is 36.1 Å². The number of nitrogens with zero attached hydrogens (tertiary/aromatic N) is 4. The summed E-state index contributed by atoms with van der Waals surface area (Å²) in [5.41, 5.74) is 2.89. The molecule has 1 atom stereocenters. The standard InChI is InChI=1S/C22H34N6O.HI/c1-22(2,3)17-8-6-16(7-9-17)12-13-24-21(23-4)25-18-10-11-20-26-19(15-29-5)27-28(20)14-18;/h6-9,18H,10-15H2,1-5H3,(H2,23,24,25);1H. The summed E-state index contributed by atoms with van der Waals surface area (Å²) in [6, 6.07) is 9.21. The number of fused-ring (bicyclic) bond motifs is 1. The molecule has 0 amide bonds. The molecule has 0 radical (unpaired) electrons. The SMILES string of the molecule is CN=C(NCCc1ccc(C(C)(C)C)cc1)NC1CCc2nc(COC)nn2C1.I. The van der Waals surface area contributed by atoms with Gasteiger partial charge in [-0.3, -0.25) is 4.99 Å². The van der Waals surface area contributed by atoms with E-state index in [0.717, 1.165) is 50.0 Å². The lowest BCUT2D eigenvalue weighted by Gasteiger charge is -2.25. The smallest absolute Gasteiger partial charge is 0.191 e. The number of aliphatic imine (C=N–C) groups is 1. The molecule has 0 bridgehead atoms. The Morgan fingerprint density at radius 1 is 1.27 bits per heavy atom. The Hall–Kier alpha value is -1.68. The number of ether oxygens (including phenoxy) is 1.